The number of halogens is 5. The number of hydrazine groups is 1. The zero-order valence-corrected chi connectivity index (χ0v) is 31.0. The van der Waals surface area contributed by atoms with Gasteiger partial charge in [-0.2, -0.15) is 18.2 Å². The van der Waals surface area contributed by atoms with E-state index in [1.807, 2.05) is 6.08 Å². The Balaban J connectivity index is 1.41. The normalized spacial score (nSPS) is 26.9. The molecule has 1 saturated carbocycles. The number of rotatable bonds is 6. The lowest BCUT2D eigenvalue weighted by atomic mass is 9.50. The number of aromatic hydroxyl groups is 1. The molecule has 3 heterocycles. The van der Waals surface area contributed by atoms with E-state index < -0.39 is 69.1 Å². The Morgan fingerprint density at radius 2 is 1.69 bits per heavy atom. The summed E-state index contributed by atoms with van der Waals surface area (Å²) in [5.74, 6) is -6.49. The highest BCUT2D eigenvalue weighted by atomic mass is 35.5. The van der Waals surface area contributed by atoms with E-state index in [0.29, 0.717) is 34.0 Å². The van der Waals surface area contributed by atoms with Crippen molar-refractivity contribution in [1.29, 1.82) is 0 Å². The van der Waals surface area contributed by atoms with E-state index in [-0.39, 0.29) is 42.0 Å². The Labute approximate surface area is 318 Å². The number of aromatic nitrogens is 1. The molecule has 2 aromatic carbocycles. The largest absolute Gasteiger partial charge is 0.504 e. The number of likely N-dealkylation sites (tertiary alicyclic amines) is 1. The smallest absolute Gasteiger partial charge is 0.417 e. The number of fused-ring (bicyclic) bond motifs is 4. The minimum absolute atomic E-state index is 0.000920. The van der Waals surface area contributed by atoms with Gasteiger partial charge >= 0.3 is 6.18 Å². The molecular weight excluding hydrogens is 748 g/mol. The third-order valence-corrected chi connectivity index (χ3v) is 11.5. The van der Waals surface area contributed by atoms with Crippen LogP contribution in [0.4, 0.5) is 19.0 Å². The molecule has 2 N–H and O–H groups in total. The first kappa shape index (κ1) is 37.4. The molecule has 1 aromatic heterocycles. The highest BCUT2D eigenvalue weighted by Gasteiger charge is 2.70. The minimum Gasteiger partial charge on any atom is -0.504 e. The second-order valence-corrected chi connectivity index (χ2v) is 15.8. The number of methoxy groups -OCH3 is 1. The molecule has 2 saturated heterocycles. The zero-order chi connectivity index (χ0) is 39.1. The lowest BCUT2D eigenvalue weighted by Crippen LogP contribution is -2.54. The first-order valence-electron chi connectivity index (χ1n) is 17.2. The maximum atomic E-state index is 15.2. The number of alkyl halides is 3. The molecule has 2 aliphatic carbocycles. The zero-order valence-electron chi connectivity index (χ0n) is 29.4. The van der Waals surface area contributed by atoms with Crippen LogP contribution in [0.1, 0.15) is 50.3 Å². The number of nitrogens with one attached hydrogen (secondary N) is 1. The summed E-state index contributed by atoms with van der Waals surface area (Å²) < 4.78 is 45.7. The number of carbonyl (C=O) groups is 4. The summed E-state index contributed by atoms with van der Waals surface area (Å²) in [4.78, 5) is 63.0. The number of phenols is 1. The summed E-state index contributed by atoms with van der Waals surface area (Å²) in [6.07, 6.45) is 1.41. The van der Waals surface area contributed by atoms with Gasteiger partial charge in [0, 0.05) is 22.7 Å². The fraction of sp³-hybridized carbons (Fsp3) is 0.359. The molecule has 282 valence electrons. The Hall–Kier alpha value is -4.88. The number of carbonyl (C=O) groups excluding carboxylic acids is 4. The summed E-state index contributed by atoms with van der Waals surface area (Å²) in [6, 6.07) is 11.8. The highest BCUT2D eigenvalue weighted by molar-refractivity contribution is 6.33. The van der Waals surface area contributed by atoms with Crippen LogP contribution in [0.3, 0.4) is 0 Å². The van der Waals surface area contributed by atoms with Crippen LogP contribution in [0.15, 0.2) is 72.5 Å². The predicted octanol–water partition coefficient (Wildman–Crippen LogP) is 7.45. The summed E-state index contributed by atoms with van der Waals surface area (Å²) in [5, 5.41) is 10.9. The fourth-order valence-corrected chi connectivity index (χ4v) is 9.03. The summed E-state index contributed by atoms with van der Waals surface area (Å²) >= 11 is 12.6. The summed E-state index contributed by atoms with van der Waals surface area (Å²) in [7, 11) is 1.40. The molecule has 0 spiro atoms. The van der Waals surface area contributed by atoms with Crippen molar-refractivity contribution in [3.8, 4) is 11.5 Å². The van der Waals surface area contributed by atoms with Gasteiger partial charge in [0.25, 0.3) is 11.8 Å². The SMILES string of the molecule is COc1cc(C=C[C@H]2C3=CC[C@@H]4C(=O)N(C(C)(C)C)C(=O)[C@@H]4[C@@H]3C[C@H]3C(=O)N(Nc4ncc(C(F)(F)F)cc4Cl)C(=O)[C@@]23c2ccc(Cl)cc2)ccc1O. The van der Waals surface area contributed by atoms with Gasteiger partial charge in [0.2, 0.25) is 11.8 Å². The number of ether oxygens (including phenoxy) is 1. The third kappa shape index (κ3) is 5.83. The van der Waals surface area contributed by atoms with Crippen molar-refractivity contribution in [3.63, 3.8) is 0 Å². The molecule has 6 atom stereocenters. The van der Waals surface area contributed by atoms with Gasteiger partial charge in [-0.1, -0.05) is 65.2 Å². The van der Waals surface area contributed by atoms with E-state index in [4.69, 9.17) is 27.9 Å². The lowest BCUT2D eigenvalue weighted by molar-refractivity contribution is -0.146. The van der Waals surface area contributed by atoms with Crippen LogP contribution >= 0.6 is 23.2 Å². The van der Waals surface area contributed by atoms with Gasteiger partial charge < -0.3 is 9.84 Å². The average Bonchev–Trinajstić information content (AvgIpc) is 3.50. The van der Waals surface area contributed by atoms with Crippen molar-refractivity contribution in [1.82, 2.24) is 14.9 Å². The number of pyridine rings is 1. The number of imide groups is 2. The number of nitrogens with zero attached hydrogens (tertiary/aromatic N) is 3. The van der Waals surface area contributed by atoms with E-state index in [9.17, 15) is 32.7 Å². The second-order valence-electron chi connectivity index (χ2n) is 14.9. The van der Waals surface area contributed by atoms with E-state index in [2.05, 4.69) is 10.4 Å². The van der Waals surface area contributed by atoms with Gasteiger partial charge in [-0.05, 0) is 81.0 Å². The standard InChI is InChI=1S/C39H35Cl2F3N4O6/c1-37(2,3)47-33(50)24-12-11-23-25(31(24)35(47)52)17-27-34(51)48(46-32-28(41)16-21(18-45-32)39(42,43)44)36(53)38(27,20-7-9-22(40)10-8-20)26(23)13-5-19-6-14-29(49)30(15-19)54-4/h5-11,13-16,18,24-27,31,49H,12,17H2,1-4H3,(H,45,46)/t24-,25+,26-,27-,31-,38-/m0/s1. The first-order chi connectivity index (χ1) is 25.4. The maximum absolute atomic E-state index is 15.2. The minimum atomic E-state index is -4.74. The van der Waals surface area contributed by atoms with E-state index in [0.717, 1.165) is 5.01 Å². The Morgan fingerprint density at radius 3 is 2.31 bits per heavy atom. The van der Waals surface area contributed by atoms with Gasteiger partial charge in [-0.25, -0.2) is 4.98 Å². The van der Waals surface area contributed by atoms with Crippen molar-refractivity contribution in [3.05, 3.63) is 99.2 Å². The molecule has 4 amide bonds. The number of phenolic OH excluding ortho intramolecular Hbond substituents is 1. The average molecular weight is 784 g/mol. The van der Waals surface area contributed by atoms with Crippen LogP contribution in [0, 0.1) is 29.6 Å². The Kier molecular flexibility index (Phi) is 9.12. The predicted molar refractivity (Wildman–Crippen MR) is 193 cm³/mol. The summed E-state index contributed by atoms with van der Waals surface area (Å²) in [6.45, 7) is 5.34. The third-order valence-electron chi connectivity index (χ3n) is 11.0. The van der Waals surface area contributed by atoms with Gasteiger partial charge in [0.15, 0.2) is 17.3 Å². The quantitative estimate of drug-likeness (QED) is 0.195. The molecule has 15 heteroatoms. The molecule has 0 unspecified atom stereocenters. The highest BCUT2D eigenvalue weighted by Crippen LogP contribution is 2.62. The van der Waals surface area contributed by atoms with Crippen molar-refractivity contribution < 1.29 is 42.2 Å². The number of allylic oxidation sites excluding steroid dienone is 3. The van der Waals surface area contributed by atoms with E-state index in [1.165, 1.54) is 18.1 Å². The van der Waals surface area contributed by atoms with E-state index in [1.54, 1.807) is 69.3 Å². The lowest BCUT2D eigenvalue weighted by Gasteiger charge is -2.49. The molecule has 4 aliphatic rings. The van der Waals surface area contributed by atoms with Gasteiger partial charge in [-0.15, -0.1) is 0 Å². The number of anilines is 1. The molecule has 54 heavy (non-hydrogen) atoms. The van der Waals surface area contributed by atoms with Crippen LogP contribution in [-0.4, -0.2) is 56.3 Å². The maximum Gasteiger partial charge on any atom is 0.417 e. The summed E-state index contributed by atoms with van der Waals surface area (Å²) in [5.41, 5.74) is 0.719. The topological polar surface area (TPSA) is 129 Å². The van der Waals surface area contributed by atoms with Crippen molar-refractivity contribution in [2.75, 3.05) is 12.5 Å². The molecule has 3 fully saturated rings. The molecule has 3 aromatic rings. The number of amides is 4. The number of benzene rings is 2. The molecule has 0 radical (unpaired) electrons. The van der Waals surface area contributed by atoms with E-state index >= 15 is 4.79 Å². The molecular formula is C39H35Cl2F3N4O6. The van der Waals surface area contributed by atoms with Crippen molar-refractivity contribution in [2.24, 2.45) is 29.6 Å². The van der Waals surface area contributed by atoms with Gasteiger partial charge in [0.1, 0.15) is 0 Å². The van der Waals surface area contributed by atoms with Gasteiger partial charge in [0.05, 0.1) is 40.9 Å². The Morgan fingerprint density at radius 1 is 0.981 bits per heavy atom. The van der Waals surface area contributed by atoms with Gasteiger partial charge in [-0.3, -0.25) is 29.5 Å². The van der Waals surface area contributed by atoms with Crippen LogP contribution in [0.2, 0.25) is 10.0 Å². The van der Waals surface area contributed by atoms with Crippen molar-refractivity contribution >= 4 is 58.7 Å². The molecule has 7 rings (SSSR count). The molecule has 2 aliphatic heterocycles. The van der Waals surface area contributed by atoms with Crippen molar-refractivity contribution in [2.45, 2.75) is 50.7 Å². The molecule has 0 bridgehead atoms. The number of hydrogen-bond acceptors (Lipinski definition) is 8. The van der Waals surface area contributed by atoms with Crippen LogP contribution < -0.4 is 10.2 Å². The Bertz CT molecular complexity index is 2150. The van der Waals surface area contributed by atoms with Crippen LogP contribution in [-0.2, 0) is 30.8 Å². The second kappa shape index (κ2) is 13.2. The van der Waals surface area contributed by atoms with Crippen LogP contribution in [0.25, 0.3) is 6.08 Å². The first-order valence-corrected chi connectivity index (χ1v) is 17.9. The molecule has 10 nitrogen and oxygen atoms in total. The monoisotopic (exact) mass is 782 g/mol. The number of hydrogen-bond donors (Lipinski definition) is 2. The van der Waals surface area contributed by atoms with Crippen LogP contribution in [0.5, 0.6) is 11.5 Å². The fourth-order valence-electron chi connectivity index (χ4n) is 8.70.